The smallest absolute Gasteiger partial charge is 0.293 e. The minimum absolute atomic E-state index is 0.443. The van der Waals surface area contributed by atoms with Crippen molar-refractivity contribution in [1.82, 2.24) is 5.32 Å². The van der Waals surface area contributed by atoms with Crippen LogP contribution in [0.3, 0.4) is 0 Å². The van der Waals surface area contributed by atoms with Crippen LogP contribution in [-0.4, -0.2) is 35.5 Å². The molecule has 0 aromatic rings. The van der Waals surface area contributed by atoms with E-state index in [-0.39, 0.29) is 0 Å². The minimum atomic E-state index is -6.56. The Morgan fingerprint density at radius 3 is 2.44 bits per heavy atom. The number of hydrogen-bond acceptors (Lipinski definition) is 2. The van der Waals surface area contributed by atoms with E-state index in [1.165, 1.54) is 0 Å². The van der Waals surface area contributed by atoms with Crippen molar-refractivity contribution >= 4 is 24.1 Å². The standard InChI is InChI=1S/C7H13F4NO2S2/c8-7(13)15-16(9,10,11)5-14-6-1-3-12-4-2-6/h6,12-13H,1-5H2. The highest BCUT2D eigenvalue weighted by molar-refractivity contribution is 8.48. The summed E-state index contributed by atoms with van der Waals surface area (Å²) < 4.78 is 55.5. The molecule has 2 N–H and O–H groups in total. The van der Waals surface area contributed by atoms with E-state index in [0.29, 0.717) is 25.9 Å². The lowest BCUT2D eigenvalue weighted by atomic mass is 10.1. The molecule has 0 aromatic carbocycles. The first-order chi connectivity index (χ1) is 7.26. The Morgan fingerprint density at radius 1 is 1.38 bits per heavy atom. The number of aliphatic hydroxyl groups is 1. The molecule has 1 aliphatic heterocycles. The average Bonchev–Trinajstić information content (AvgIpc) is 2.14. The van der Waals surface area contributed by atoms with Crippen LogP contribution < -0.4 is 5.32 Å². The molecule has 0 atom stereocenters. The van der Waals surface area contributed by atoms with E-state index >= 15 is 0 Å². The van der Waals surface area contributed by atoms with E-state index in [4.69, 9.17) is 9.84 Å². The molecule has 1 fully saturated rings. The SMILES string of the molecule is OC(F)=S=S(F)(F)(F)COC1CCNCC1. The Balaban J connectivity index is 2.63. The second kappa shape index (κ2) is 5.13. The van der Waals surface area contributed by atoms with Crippen LogP contribution in [-0.2, 0) is 23.5 Å². The van der Waals surface area contributed by atoms with Crippen molar-refractivity contribution in [3.05, 3.63) is 0 Å². The summed E-state index contributed by atoms with van der Waals surface area (Å²) in [5.74, 6) is -1.47. The van der Waals surface area contributed by atoms with Gasteiger partial charge in [0.2, 0.25) is 8.88 Å². The predicted octanol–water partition coefficient (Wildman–Crippen LogP) is 1.67. The van der Waals surface area contributed by atoms with Crippen LogP contribution in [0.1, 0.15) is 12.8 Å². The fraction of sp³-hybridized carbons (Fsp3) is 0.857. The molecule has 3 nitrogen and oxygen atoms in total. The summed E-state index contributed by atoms with van der Waals surface area (Å²) in [6, 6.07) is 0. The van der Waals surface area contributed by atoms with Gasteiger partial charge in [-0.3, -0.25) is 0 Å². The largest absolute Gasteiger partial charge is 0.361 e. The van der Waals surface area contributed by atoms with Crippen LogP contribution in [0.4, 0.5) is 16.0 Å². The van der Waals surface area contributed by atoms with Gasteiger partial charge in [-0.05, 0) is 25.9 Å². The maximum Gasteiger partial charge on any atom is 0.293 e. The molecule has 0 aliphatic carbocycles. The second-order valence-corrected chi connectivity index (χ2v) is 8.08. The summed E-state index contributed by atoms with van der Waals surface area (Å²) in [6.45, 7) is 1.24. The molecule has 0 unspecified atom stereocenters. The second-order valence-electron chi connectivity index (χ2n) is 3.38. The van der Waals surface area contributed by atoms with Crippen LogP contribution in [0.25, 0.3) is 0 Å². The molecule has 1 heterocycles. The summed E-state index contributed by atoms with van der Waals surface area (Å²) in [4.78, 5) is 0. The lowest BCUT2D eigenvalue weighted by molar-refractivity contribution is 0.0581. The van der Waals surface area contributed by atoms with E-state index < -0.39 is 36.1 Å². The van der Waals surface area contributed by atoms with E-state index in [1.54, 1.807) is 0 Å². The summed E-state index contributed by atoms with van der Waals surface area (Å²) in [6.07, 6.45) is 0.582. The number of piperidine rings is 1. The van der Waals surface area contributed by atoms with Crippen LogP contribution in [0.5, 0.6) is 0 Å². The predicted molar refractivity (Wildman–Crippen MR) is 58.6 cm³/mol. The molecule has 0 aromatic heterocycles. The molecule has 0 spiro atoms. The summed E-state index contributed by atoms with van der Waals surface area (Å²) in [5.41, 5.74) is 0. The molecular weight excluding hydrogens is 270 g/mol. The number of rotatable bonds is 3. The maximum atomic E-state index is 13.0. The Bertz CT molecular complexity index is 342. The Hall–Kier alpha value is 0.0400. The van der Waals surface area contributed by atoms with Gasteiger partial charge in [0.1, 0.15) is 0 Å². The highest BCUT2D eigenvalue weighted by Crippen LogP contribution is 2.34. The number of hydrogen-bond donors (Lipinski definition) is 2. The Kier molecular flexibility index (Phi) is 4.52. The van der Waals surface area contributed by atoms with Crippen molar-refractivity contribution in [2.75, 3.05) is 19.0 Å². The first-order valence-electron chi connectivity index (χ1n) is 4.58. The van der Waals surface area contributed by atoms with Gasteiger partial charge in [0.05, 0.1) is 6.10 Å². The topological polar surface area (TPSA) is 41.5 Å². The van der Waals surface area contributed by atoms with E-state index in [0.717, 1.165) is 0 Å². The van der Waals surface area contributed by atoms with E-state index in [2.05, 4.69) is 5.32 Å². The van der Waals surface area contributed by atoms with E-state index in [1.807, 2.05) is 0 Å². The van der Waals surface area contributed by atoms with Gasteiger partial charge in [0, 0.05) is 9.91 Å². The number of aliphatic hydroxyl groups excluding tert-OH is 1. The monoisotopic (exact) mass is 283 g/mol. The van der Waals surface area contributed by atoms with Crippen molar-refractivity contribution in [2.45, 2.75) is 18.9 Å². The third-order valence-corrected chi connectivity index (χ3v) is 4.56. The zero-order valence-corrected chi connectivity index (χ0v) is 9.93. The zero-order chi connectivity index (χ0) is 12.3. The van der Waals surface area contributed by atoms with Crippen LogP contribution in [0.15, 0.2) is 0 Å². The highest BCUT2D eigenvalue weighted by atomic mass is 32.9. The normalized spacial score (nSPS) is 21.2. The Morgan fingerprint density at radius 2 is 1.94 bits per heavy atom. The first-order valence-corrected chi connectivity index (χ1v) is 7.83. The number of ether oxygens (including phenoxy) is 1. The first kappa shape index (κ1) is 14.1. The maximum absolute atomic E-state index is 13.0. The van der Waals surface area contributed by atoms with Gasteiger partial charge in [-0.25, -0.2) is 0 Å². The van der Waals surface area contributed by atoms with Crippen LogP contribution >= 0.6 is 0 Å². The quantitative estimate of drug-likeness (QED) is 0.470. The Labute approximate surface area is 93.7 Å². The lowest BCUT2D eigenvalue weighted by Gasteiger charge is -2.26. The third kappa shape index (κ3) is 5.39. The molecule has 1 aliphatic rings. The van der Waals surface area contributed by atoms with Gasteiger partial charge in [-0.15, -0.1) is 11.7 Å². The zero-order valence-electron chi connectivity index (χ0n) is 8.30. The lowest BCUT2D eigenvalue weighted by Crippen LogP contribution is -2.34. The molecule has 0 amide bonds. The molecular formula is C7H13F4NO2S2. The van der Waals surface area contributed by atoms with Gasteiger partial charge < -0.3 is 15.2 Å². The van der Waals surface area contributed by atoms with Crippen molar-refractivity contribution in [2.24, 2.45) is 0 Å². The summed E-state index contributed by atoms with van der Waals surface area (Å²) >= 11 is 0. The van der Waals surface area contributed by atoms with Crippen molar-refractivity contribution in [1.29, 1.82) is 0 Å². The fourth-order valence-electron chi connectivity index (χ4n) is 1.31. The molecule has 0 radical (unpaired) electrons. The number of halogens is 4. The van der Waals surface area contributed by atoms with Crippen molar-refractivity contribution in [3.63, 3.8) is 0 Å². The fourth-order valence-corrected chi connectivity index (χ4v) is 3.09. The van der Waals surface area contributed by atoms with Crippen molar-refractivity contribution < 1.29 is 25.9 Å². The van der Waals surface area contributed by atoms with E-state index in [9.17, 15) is 16.0 Å². The summed E-state index contributed by atoms with van der Waals surface area (Å²) in [5, 5.41) is 8.86. The molecule has 16 heavy (non-hydrogen) atoms. The van der Waals surface area contributed by atoms with Crippen LogP contribution in [0.2, 0.25) is 0 Å². The molecule has 0 saturated carbocycles. The number of nitrogens with one attached hydrogen (secondary N) is 1. The van der Waals surface area contributed by atoms with Gasteiger partial charge in [-0.1, -0.05) is 0 Å². The molecule has 98 valence electrons. The van der Waals surface area contributed by atoms with Gasteiger partial charge in [0.15, 0.2) is 5.94 Å². The van der Waals surface area contributed by atoms with Crippen molar-refractivity contribution in [3.8, 4) is 0 Å². The third-order valence-electron chi connectivity index (χ3n) is 1.99. The van der Waals surface area contributed by atoms with Crippen LogP contribution in [0, 0.1) is 0 Å². The minimum Gasteiger partial charge on any atom is -0.361 e. The average molecular weight is 283 g/mol. The van der Waals surface area contributed by atoms with Gasteiger partial charge in [0.25, 0.3) is 5.30 Å². The molecule has 1 rings (SSSR count). The molecule has 1 saturated heterocycles. The summed E-state index contributed by atoms with van der Waals surface area (Å²) in [7, 11) is -7.63. The molecule has 0 bridgehead atoms. The van der Waals surface area contributed by atoms with Gasteiger partial charge in [-0.2, -0.15) is 4.39 Å². The molecule has 9 heteroatoms. The van der Waals surface area contributed by atoms with Gasteiger partial charge >= 0.3 is 0 Å². The highest BCUT2D eigenvalue weighted by Gasteiger charge is 2.33.